The number of ketones is 1. The number of aryl methyl sites for hydroxylation is 2. The number of ether oxygens (including phenoxy) is 1. The molecule has 0 spiro atoms. The smallest absolute Gasteiger partial charge is 0.176 e. The van der Waals surface area contributed by atoms with Gasteiger partial charge in [0.1, 0.15) is 5.75 Å². The van der Waals surface area contributed by atoms with Crippen molar-refractivity contribution in [3.8, 4) is 5.75 Å². The van der Waals surface area contributed by atoms with Gasteiger partial charge in [0, 0.05) is 4.90 Å². The van der Waals surface area contributed by atoms with Gasteiger partial charge in [0.2, 0.25) is 0 Å². The van der Waals surface area contributed by atoms with Crippen LogP contribution in [0.3, 0.4) is 0 Å². The molecule has 3 heteroatoms. The molecule has 0 atom stereocenters. The number of fused-ring (bicyclic) bond motifs is 1. The topological polar surface area (TPSA) is 26.3 Å². The van der Waals surface area contributed by atoms with Gasteiger partial charge in [-0.2, -0.15) is 0 Å². The van der Waals surface area contributed by atoms with Crippen LogP contribution in [0.1, 0.15) is 27.9 Å². The van der Waals surface area contributed by atoms with E-state index in [1.54, 1.807) is 11.8 Å². The third-order valence-corrected chi connectivity index (χ3v) is 4.59. The summed E-state index contributed by atoms with van der Waals surface area (Å²) in [5.74, 6) is 1.39. The summed E-state index contributed by atoms with van der Waals surface area (Å²) in [5.41, 5.74) is 3.10. The lowest BCUT2D eigenvalue weighted by atomic mass is 10.0. The molecular weight excluding hydrogens is 280 g/mol. The van der Waals surface area contributed by atoms with Crippen molar-refractivity contribution in [3.05, 3.63) is 59.2 Å². The van der Waals surface area contributed by atoms with Crippen LogP contribution < -0.4 is 4.74 Å². The van der Waals surface area contributed by atoms with Crippen molar-refractivity contribution < 1.29 is 9.53 Å². The second kappa shape index (κ2) is 6.35. The summed E-state index contributed by atoms with van der Waals surface area (Å²) in [4.78, 5) is 13.6. The molecule has 0 saturated carbocycles. The first kappa shape index (κ1) is 14.2. The lowest BCUT2D eigenvalue weighted by molar-refractivity contribution is 0.101. The van der Waals surface area contributed by atoms with Crippen molar-refractivity contribution in [1.29, 1.82) is 0 Å². The van der Waals surface area contributed by atoms with Crippen LogP contribution in [0, 0.1) is 6.92 Å². The molecule has 3 rings (SSSR count). The Labute approximate surface area is 129 Å². The van der Waals surface area contributed by atoms with E-state index < -0.39 is 0 Å². The molecule has 0 saturated heterocycles. The van der Waals surface area contributed by atoms with Crippen LogP contribution >= 0.6 is 11.8 Å². The van der Waals surface area contributed by atoms with E-state index in [1.165, 1.54) is 5.56 Å². The lowest BCUT2D eigenvalue weighted by Crippen LogP contribution is -2.13. The van der Waals surface area contributed by atoms with Crippen LogP contribution in [0.2, 0.25) is 0 Å². The van der Waals surface area contributed by atoms with E-state index in [0.717, 1.165) is 34.6 Å². The van der Waals surface area contributed by atoms with E-state index in [0.29, 0.717) is 12.4 Å². The predicted molar refractivity (Wildman–Crippen MR) is 86.5 cm³/mol. The summed E-state index contributed by atoms with van der Waals surface area (Å²) in [6, 6.07) is 14.1. The van der Waals surface area contributed by atoms with E-state index in [1.807, 2.05) is 24.3 Å². The average molecular weight is 298 g/mol. The maximum absolute atomic E-state index is 12.5. The van der Waals surface area contributed by atoms with Crippen LogP contribution in [-0.4, -0.2) is 18.1 Å². The molecule has 0 N–H and O–H groups in total. The molecule has 21 heavy (non-hydrogen) atoms. The third kappa shape index (κ3) is 3.30. The molecule has 2 aromatic carbocycles. The fourth-order valence-corrected chi connectivity index (χ4v) is 3.44. The maximum atomic E-state index is 12.5. The second-order valence-electron chi connectivity index (χ2n) is 5.27. The minimum Gasteiger partial charge on any atom is -0.493 e. The molecule has 0 fully saturated rings. The van der Waals surface area contributed by atoms with Gasteiger partial charge in [0.25, 0.3) is 0 Å². The van der Waals surface area contributed by atoms with E-state index >= 15 is 0 Å². The van der Waals surface area contributed by atoms with Crippen molar-refractivity contribution in [3.63, 3.8) is 0 Å². The SMILES string of the molecule is Cc1cccc(SCC(=O)c2cccc3c2OCCC3)c1. The Balaban J connectivity index is 1.74. The molecule has 0 bridgehead atoms. The van der Waals surface area contributed by atoms with E-state index in [2.05, 4.69) is 25.1 Å². The van der Waals surface area contributed by atoms with Gasteiger partial charge in [0.05, 0.1) is 17.9 Å². The largest absolute Gasteiger partial charge is 0.493 e. The molecule has 0 amide bonds. The lowest BCUT2D eigenvalue weighted by Gasteiger charge is -2.19. The first-order valence-corrected chi connectivity index (χ1v) is 8.20. The normalized spacial score (nSPS) is 13.4. The van der Waals surface area contributed by atoms with Crippen LogP contribution in [0.4, 0.5) is 0 Å². The summed E-state index contributed by atoms with van der Waals surface area (Å²) in [5, 5.41) is 0. The minimum atomic E-state index is 0.139. The first-order chi connectivity index (χ1) is 10.2. The number of carbonyl (C=O) groups excluding carboxylic acids is 1. The Morgan fingerprint density at radius 2 is 2.10 bits per heavy atom. The van der Waals surface area contributed by atoms with Crippen LogP contribution in [0.25, 0.3) is 0 Å². The zero-order valence-corrected chi connectivity index (χ0v) is 12.9. The number of carbonyl (C=O) groups is 1. The van der Waals surface area contributed by atoms with Gasteiger partial charge in [-0.05, 0) is 43.5 Å². The second-order valence-corrected chi connectivity index (χ2v) is 6.32. The van der Waals surface area contributed by atoms with E-state index in [4.69, 9.17) is 4.74 Å². The number of Topliss-reactive ketones (excluding diaryl/α,β-unsaturated/α-hetero) is 1. The van der Waals surface area contributed by atoms with E-state index in [-0.39, 0.29) is 5.78 Å². The van der Waals surface area contributed by atoms with Gasteiger partial charge in [-0.3, -0.25) is 4.79 Å². The maximum Gasteiger partial charge on any atom is 0.176 e. The summed E-state index contributed by atoms with van der Waals surface area (Å²) < 4.78 is 5.72. The molecule has 1 aliphatic rings. The summed E-state index contributed by atoms with van der Waals surface area (Å²) in [6.45, 7) is 2.77. The van der Waals surface area contributed by atoms with Gasteiger partial charge in [-0.15, -0.1) is 11.8 Å². The zero-order chi connectivity index (χ0) is 14.7. The van der Waals surface area contributed by atoms with Crippen LogP contribution in [0.15, 0.2) is 47.4 Å². The molecule has 2 aromatic rings. The Hall–Kier alpha value is -1.74. The molecule has 0 aromatic heterocycles. The minimum absolute atomic E-state index is 0.139. The molecule has 108 valence electrons. The summed E-state index contributed by atoms with van der Waals surface area (Å²) in [7, 11) is 0. The highest BCUT2D eigenvalue weighted by atomic mass is 32.2. The van der Waals surface area contributed by atoms with Crippen molar-refractivity contribution in [2.24, 2.45) is 0 Å². The molecule has 0 aliphatic carbocycles. The quantitative estimate of drug-likeness (QED) is 0.622. The first-order valence-electron chi connectivity index (χ1n) is 7.21. The van der Waals surface area contributed by atoms with Crippen molar-refractivity contribution in [2.45, 2.75) is 24.7 Å². The monoisotopic (exact) mass is 298 g/mol. The highest BCUT2D eigenvalue weighted by Crippen LogP contribution is 2.30. The number of hydrogen-bond donors (Lipinski definition) is 0. The molecule has 1 heterocycles. The standard InChI is InChI=1S/C18H18O2S/c1-13-5-2-8-15(11-13)21-12-17(19)16-9-3-6-14-7-4-10-20-18(14)16/h2-3,5-6,8-9,11H,4,7,10,12H2,1H3. The number of para-hydroxylation sites is 1. The van der Waals surface area contributed by atoms with Gasteiger partial charge in [-0.25, -0.2) is 0 Å². The molecule has 0 radical (unpaired) electrons. The molecule has 2 nitrogen and oxygen atoms in total. The summed E-state index contributed by atoms with van der Waals surface area (Å²) >= 11 is 1.58. The highest BCUT2D eigenvalue weighted by Gasteiger charge is 2.18. The van der Waals surface area contributed by atoms with Gasteiger partial charge >= 0.3 is 0 Å². The Morgan fingerprint density at radius 1 is 1.24 bits per heavy atom. The van der Waals surface area contributed by atoms with Gasteiger partial charge < -0.3 is 4.74 Å². The zero-order valence-electron chi connectivity index (χ0n) is 12.1. The molecule has 1 aliphatic heterocycles. The van der Waals surface area contributed by atoms with E-state index in [9.17, 15) is 4.79 Å². The Kier molecular flexibility index (Phi) is 4.30. The average Bonchev–Trinajstić information content (AvgIpc) is 2.52. The summed E-state index contributed by atoms with van der Waals surface area (Å²) in [6.07, 6.45) is 2.03. The Morgan fingerprint density at radius 3 is 2.95 bits per heavy atom. The third-order valence-electron chi connectivity index (χ3n) is 3.59. The number of thioether (sulfide) groups is 1. The highest BCUT2D eigenvalue weighted by molar-refractivity contribution is 8.00. The fourth-order valence-electron chi connectivity index (χ4n) is 2.54. The van der Waals surface area contributed by atoms with Crippen LogP contribution in [0.5, 0.6) is 5.75 Å². The van der Waals surface area contributed by atoms with Crippen LogP contribution in [-0.2, 0) is 6.42 Å². The fraction of sp³-hybridized carbons (Fsp3) is 0.278. The predicted octanol–water partition coefficient (Wildman–Crippen LogP) is 4.30. The van der Waals surface area contributed by atoms with Gasteiger partial charge in [-0.1, -0.05) is 29.8 Å². The van der Waals surface area contributed by atoms with Crippen molar-refractivity contribution >= 4 is 17.5 Å². The van der Waals surface area contributed by atoms with Crippen molar-refractivity contribution in [2.75, 3.05) is 12.4 Å². The Bertz CT molecular complexity index is 664. The molecular formula is C18H18O2S. The number of hydrogen-bond acceptors (Lipinski definition) is 3. The molecule has 0 unspecified atom stereocenters. The number of benzene rings is 2. The van der Waals surface area contributed by atoms with Crippen molar-refractivity contribution in [1.82, 2.24) is 0 Å². The van der Waals surface area contributed by atoms with Gasteiger partial charge in [0.15, 0.2) is 5.78 Å². The number of rotatable bonds is 4.